The van der Waals surface area contributed by atoms with E-state index in [-0.39, 0.29) is 17.5 Å². The Balaban J connectivity index is 2.40. The number of nitrogens with zero attached hydrogens (tertiary/aromatic N) is 1. The molecule has 1 aromatic carbocycles. The van der Waals surface area contributed by atoms with Crippen LogP contribution in [0.1, 0.15) is 24.8 Å². The Morgan fingerprint density at radius 1 is 1.42 bits per heavy atom. The maximum absolute atomic E-state index is 13.9. The van der Waals surface area contributed by atoms with Crippen molar-refractivity contribution in [3.05, 3.63) is 29.6 Å². The average Bonchev–Trinajstić information content (AvgIpc) is 2.38. The quantitative estimate of drug-likeness (QED) is 0.918. The van der Waals surface area contributed by atoms with Crippen LogP contribution < -0.4 is 5.73 Å². The third-order valence-corrected chi connectivity index (χ3v) is 5.50. The molecule has 0 aromatic heterocycles. The normalized spacial score (nSPS) is 21.5. The second-order valence-corrected chi connectivity index (χ2v) is 6.79. The molecule has 1 unspecified atom stereocenters. The number of benzene rings is 1. The van der Waals surface area contributed by atoms with Crippen molar-refractivity contribution < 1.29 is 12.8 Å². The van der Waals surface area contributed by atoms with Gasteiger partial charge in [-0.1, -0.05) is 12.5 Å². The monoisotopic (exact) mass is 286 g/mol. The highest BCUT2D eigenvalue weighted by Gasteiger charge is 2.34. The standard InChI is InChI=1S/C13H19FN2O2S/c1-10-5-6-13(12(14)8-10)19(17,18)16-7-3-2-4-11(16)9-15/h5-6,8,11H,2-4,7,9,15H2,1H3. The zero-order chi connectivity index (χ0) is 14.0. The SMILES string of the molecule is Cc1ccc(S(=O)(=O)N2CCCCC2CN)c(F)c1. The number of nitrogens with two attached hydrogens (primary N) is 1. The van der Waals surface area contributed by atoms with Gasteiger partial charge >= 0.3 is 0 Å². The van der Waals surface area contributed by atoms with Gasteiger partial charge in [0.1, 0.15) is 10.7 Å². The Morgan fingerprint density at radius 2 is 2.16 bits per heavy atom. The van der Waals surface area contributed by atoms with Crippen LogP contribution >= 0.6 is 0 Å². The van der Waals surface area contributed by atoms with Gasteiger partial charge in [0.05, 0.1) is 0 Å². The van der Waals surface area contributed by atoms with Gasteiger partial charge < -0.3 is 5.73 Å². The van der Waals surface area contributed by atoms with E-state index in [1.54, 1.807) is 13.0 Å². The highest BCUT2D eigenvalue weighted by Crippen LogP contribution is 2.26. The van der Waals surface area contributed by atoms with Crippen molar-refractivity contribution in [3.8, 4) is 0 Å². The van der Waals surface area contributed by atoms with E-state index >= 15 is 0 Å². The van der Waals surface area contributed by atoms with E-state index in [0.29, 0.717) is 12.1 Å². The highest BCUT2D eigenvalue weighted by molar-refractivity contribution is 7.89. The second-order valence-electron chi connectivity index (χ2n) is 4.93. The summed E-state index contributed by atoms with van der Waals surface area (Å²) in [5.74, 6) is -0.693. The zero-order valence-corrected chi connectivity index (χ0v) is 11.8. The molecular formula is C13H19FN2O2S. The van der Waals surface area contributed by atoms with E-state index in [4.69, 9.17) is 5.73 Å². The number of halogens is 1. The van der Waals surface area contributed by atoms with E-state index in [2.05, 4.69) is 0 Å². The molecule has 4 nitrogen and oxygen atoms in total. The minimum atomic E-state index is -3.79. The van der Waals surface area contributed by atoms with Crippen LogP contribution in [-0.2, 0) is 10.0 Å². The van der Waals surface area contributed by atoms with Crippen LogP contribution in [0.5, 0.6) is 0 Å². The molecular weight excluding hydrogens is 267 g/mol. The summed E-state index contributed by atoms with van der Waals surface area (Å²) in [5, 5.41) is 0. The van der Waals surface area contributed by atoms with Gasteiger partial charge in [0.15, 0.2) is 0 Å². The first-order chi connectivity index (χ1) is 8.96. The predicted octanol–water partition coefficient (Wildman–Crippen LogP) is 1.64. The van der Waals surface area contributed by atoms with E-state index < -0.39 is 15.8 Å². The van der Waals surface area contributed by atoms with Crippen molar-refractivity contribution in [1.82, 2.24) is 4.31 Å². The van der Waals surface area contributed by atoms with Gasteiger partial charge in [-0.3, -0.25) is 0 Å². The number of sulfonamides is 1. The fourth-order valence-corrected chi connectivity index (χ4v) is 4.22. The molecule has 1 fully saturated rings. The molecule has 2 rings (SSSR count). The molecule has 1 aromatic rings. The largest absolute Gasteiger partial charge is 0.329 e. The fourth-order valence-electron chi connectivity index (χ4n) is 2.47. The Hall–Kier alpha value is -0.980. The summed E-state index contributed by atoms with van der Waals surface area (Å²) in [6.07, 6.45) is 2.50. The number of hydrogen-bond acceptors (Lipinski definition) is 3. The van der Waals surface area contributed by atoms with Crippen molar-refractivity contribution in [3.63, 3.8) is 0 Å². The third-order valence-electron chi connectivity index (χ3n) is 3.52. The number of piperidine rings is 1. The van der Waals surface area contributed by atoms with Gasteiger partial charge in [0, 0.05) is 19.1 Å². The maximum Gasteiger partial charge on any atom is 0.246 e. The molecule has 0 amide bonds. The lowest BCUT2D eigenvalue weighted by Gasteiger charge is -2.33. The molecule has 19 heavy (non-hydrogen) atoms. The number of hydrogen-bond donors (Lipinski definition) is 1. The predicted molar refractivity (Wildman–Crippen MR) is 71.7 cm³/mol. The summed E-state index contributed by atoms with van der Waals surface area (Å²) < 4.78 is 40.3. The van der Waals surface area contributed by atoms with Crippen LogP contribution in [0.15, 0.2) is 23.1 Å². The summed E-state index contributed by atoms with van der Waals surface area (Å²) >= 11 is 0. The highest BCUT2D eigenvalue weighted by atomic mass is 32.2. The van der Waals surface area contributed by atoms with Crippen LogP contribution in [0.3, 0.4) is 0 Å². The summed E-state index contributed by atoms with van der Waals surface area (Å²) in [4.78, 5) is -0.251. The second kappa shape index (κ2) is 5.56. The van der Waals surface area contributed by atoms with Crippen molar-refractivity contribution in [1.29, 1.82) is 0 Å². The molecule has 0 radical (unpaired) electrons. The Bertz CT molecular complexity index is 560. The molecule has 1 saturated heterocycles. The number of rotatable bonds is 3. The number of aryl methyl sites for hydroxylation is 1. The molecule has 0 aliphatic carbocycles. The van der Waals surface area contributed by atoms with Crippen LogP contribution in [-0.4, -0.2) is 31.9 Å². The van der Waals surface area contributed by atoms with Crippen molar-refractivity contribution in [2.45, 2.75) is 37.1 Å². The van der Waals surface area contributed by atoms with Gasteiger partial charge in [-0.25, -0.2) is 12.8 Å². The maximum atomic E-state index is 13.9. The first-order valence-electron chi connectivity index (χ1n) is 6.45. The van der Waals surface area contributed by atoms with E-state index in [1.807, 2.05) is 0 Å². The van der Waals surface area contributed by atoms with Crippen LogP contribution in [0, 0.1) is 12.7 Å². The van der Waals surface area contributed by atoms with Gasteiger partial charge in [-0.05, 0) is 37.5 Å². The van der Waals surface area contributed by atoms with E-state index in [9.17, 15) is 12.8 Å². The van der Waals surface area contributed by atoms with E-state index in [0.717, 1.165) is 19.3 Å². The molecule has 0 bridgehead atoms. The molecule has 1 atom stereocenters. The molecule has 1 aliphatic heterocycles. The lowest BCUT2D eigenvalue weighted by Crippen LogP contribution is -2.47. The molecule has 6 heteroatoms. The van der Waals surface area contributed by atoms with E-state index in [1.165, 1.54) is 16.4 Å². The van der Waals surface area contributed by atoms with Crippen molar-refractivity contribution >= 4 is 10.0 Å². The zero-order valence-electron chi connectivity index (χ0n) is 11.0. The average molecular weight is 286 g/mol. The molecule has 0 saturated carbocycles. The fraction of sp³-hybridized carbons (Fsp3) is 0.538. The molecule has 1 heterocycles. The minimum Gasteiger partial charge on any atom is -0.329 e. The first kappa shape index (κ1) is 14.4. The lowest BCUT2D eigenvalue weighted by atomic mass is 10.1. The smallest absolute Gasteiger partial charge is 0.246 e. The Morgan fingerprint density at radius 3 is 2.79 bits per heavy atom. The molecule has 1 aliphatic rings. The summed E-state index contributed by atoms with van der Waals surface area (Å²) in [6.45, 7) is 2.41. The van der Waals surface area contributed by atoms with Crippen molar-refractivity contribution in [2.75, 3.05) is 13.1 Å². The van der Waals surface area contributed by atoms with Gasteiger partial charge in [0.2, 0.25) is 10.0 Å². The summed E-state index contributed by atoms with van der Waals surface area (Å²) in [6, 6.07) is 3.97. The van der Waals surface area contributed by atoms with Crippen molar-refractivity contribution in [2.24, 2.45) is 5.73 Å². The lowest BCUT2D eigenvalue weighted by molar-refractivity contribution is 0.257. The summed E-state index contributed by atoms with van der Waals surface area (Å²) in [7, 11) is -3.79. The van der Waals surface area contributed by atoms with Crippen LogP contribution in [0.25, 0.3) is 0 Å². The molecule has 106 valence electrons. The topological polar surface area (TPSA) is 63.4 Å². The van der Waals surface area contributed by atoms with Gasteiger partial charge in [-0.15, -0.1) is 0 Å². The summed E-state index contributed by atoms with van der Waals surface area (Å²) in [5.41, 5.74) is 6.33. The third kappa shape index (κ3) is 2.80. The molecule has 0 spiro atoms. The van der Waals surface area contributed by atoms with Crippen LogP contribution in [0.4, 0.5) is 4.39 Å². The molecule has 2 N–H and O–H groups in total. The van der Waals surface area contributed by atoms with Crippen LogP contribution in [0.2, 0.25) is 0 Å². The Kier molecular flexibility index (Phi) is 4.23. The van der Waals surface area contributed by atoms with Gasteiger partial charge in [-0.2, -0.15) is 4.31 Å². The van der Waals surface area contributed by atoms with Gasteiger partial charge in [0.25, 0.3) is 0 Å². The minimum absolute atomic E-state index is 0.223. The first-order valence-corrected chi connectivity index (χ1v) is 7.89. The Labute approximate surface area is 113 Å².